The summed E-state index contributed by atoms with van der Waals surface area (Å²) in [5.74, 6) is 0. The summed E-state index contributed by atoms with van der Waals surface area (Å²) in [6.45, 7) is 10.3. The molecule has 8 heavy (non-hydrogen) atoms. The smallest absolute Gasteiger partial charge is 0.0304 e. The van der Waals surface area contributed by atoms with E-state index in [4.69, 9.17) is 0 Å². The monoisotopic (exact) mass is 114 g/mol. The third kappa shape index (κ3) is 9.22. The largest absolute Gasteiger partial charge is 0.103 e. The topological polar surface area (TPSA) is 0 Å². The van der Waals surface area contributed by atoms with E-state index >= 15 is 0 Å². The van der Waals surface area contributed by atoms with Gasteiger partial charge in [-0.3, -0.25) is 0 Å². The molecule has 0 aromatic rings. The minimum atomic E-state index is 0. The summed E-state index contributed by atoms with van der Waals surface area (Å²) < 4.78 is 0. The normalized spacial score (nSPS) is 9.88. The first-order valence-electron chi connectivity index (χ1n) is 2.67. The summed E-state index contributed by atoms with van der Waals surface area (Å²) in [4.78, 5) is 0. The highest BCUT2D eigenvalue weighted by atomic mass is 14.1. The van der Waals surface area contributed by atoms with Gasteiger partial charge in [-0.2, -0.15) is 0 Å². The third-order valence-electron chi connectivity index (χ3n) is 0.757. The Morgan fingerprint density at radius 2 is 1.75 bits per heavy atom. The van der Waals surface area contributed by atoms with E-state index in [1.54, 1.807) is 0 Å². The van der Waals surface area contributed by atoms with E-state index in [0.717, 1.165) is 6.42 Å². The molecule has 0 nitrogen and oxygen atoms in total. The molecule has 0 heterocycles. The lowest BCUT2D eigenvalue weighted by Gasteiger charge is -2.13. The molecule has 0 aliphatic rings. The molecule has 0 saturated heterocycles. The van der Waals surface area contributed by atoms with Crippen LogP contribution in [0.4, 0.5) is 0 Å². The summed E-state index contributed by atoms with van der Waals surface area (Å²) >= 11 is 0. The molecule has 0 unspecified atom stereocenters. The van der Waals surface area contributed by atoms with Gasteiger partial charge in [0.15, 0.2) is 0 Å². The van der Waals surface area contributed by atoms with Crippen molar-refractivity contribution in [1.29, 1.82) is 0 Å². The Balaban J connectivity index is 0. The van der Waals surface area contributed by atoms with Gasteiger partial charge >= 0.3 is 0 Å². The van der Waals surface area contributed by atoms with Gasteiger partial charge in [-0.05, 0) is 11.8 Å². The van der Waals surface area contributed by atoms with E-state index < -0.39 is 0 Å². The summed E-state index contributed by atoms with van der Waals surface area (Å²) in [5.41, 5.74) is 0.432. The van der Waals surface area contributed by atoms with E-state index in [9.17, 15) is 0 Å². The van der Waals surface area contributed by atoms with E-state index in [-0.39, 0.29) is 7.43 Å². The van der Waals surface area contributed by atoms with Crippen molar-refractivity contribution in [2.75, 3.05) is 0 Å². The molecular weight excluding hydrogens is 96.1 g/mol. The highest BCUT2D eigenvalue weighted by Gasteiger charge is 2.04. The van der Waals surface area contributed by atoms with Crippen molar-refractivity contribution in [3.63, 3.8) is 0 Å². The third-order valence-corrected chi connectivity index (χ3v) is 0.757. The lowest BCUT2D eigenvalue weighted by molar-refractivity contribution is 0.421. The number of rotatable bonds is 1. The molecule has 0 spiro atoms. The predicted molar refractivity (Wildman–Crippen MR) is 41.0 cm³/mol. The van der Waals surface area contributed by atoms with Crippen LogP contribution in [0.2, 0.25) is 0 Å². The number of hydrogen-bond acceptors (Lipinski definition) is 0. The van der Waals surface area contributed by atoms with Crippen molar-refractivity contribution in [3.8, 4) is 0 Å². The Morgan fingerprint density at radius 1 is 1.38 bits per heavy atom. The fourth-order valence-corrected chi connectivity index (χ4v) is 0.433. The summed E-state index contributed by atoms with van der Waals surface area (Å²) in [6, 6.07) is 0. The summed E-state index contributed by atoms with van der Waals surface area (Å²) in [6.07, 6.45) is 3.06. The van der Waals surface area contributed by atoms with E-state index in [1.807, 2.05) is 6.08 Å². The molecule has 0 radical (unpaired) electrons. The first kappa shape index (κ1) is 10.7. The van der Waals surface area contributed by atoms with Gasteiger partial charge in [0, 0.05) is 0 Å². The molecule has 0 bridgehead atoms. The minimum Gasteiger partial charge on any atom is -0.103 e. The van der Waals surface area contributed by atoms with Crippen LogP contribution in [-0.4, -0.2) is 0 Å². The van der Waals surface area contributed by atoms with Gasteiger partial charge in [0.1, 0.15) is 0 Å². The Labute approximate surface area is 53.6 Å². The molecular formula is C8H18. The Morgan fingerprint density at radius 3 is 1.75 bits per heavy atom. The zero-order valence-electron chi connectivity index (χ0n) is 5.49. The van der Waals surface area contributed by atoms with Crippen LogP contribution in [0.3, 0.4) is 0 Å². The van der Waals surface area contributed by atoms with Gasteiger partial charge in [-0.1, -0.05) is 34.3 Å². The average Bonchev–Trinajstić information content (AvgIpc) is 1.30. The van der Waals surface area contributed by atoms with E-state index in [0.29, 0.717) is 5.41 Å². The van der Waals surface area contributed by atoms with Crippen LogP contribution >= 0.6 is 0 Å². The molecule has 0 aliphatic carbocycles. The van der Waals surface area contributed by atoms with Crippen LogP contribution < -0.4 is 0 Å². The molecule has 0 rings (SSSR count). The Hall–Kier alpha value is -0.260. The molecule has 50 valence electrons. The lowest BCUT2D eigenvalue weighted by atomic mass is 9.93. The van der Waals surface area contributed by atoms with Crippen LogP contribution in [0.1, 0.15) is 34.6 Å². The molecule has 0 fully saturated rings. The maximum atomic E-state index is 3.65. The second-order valence-electron chi connectivity index (χ2n) is 3.05. The molecule has 0 aromatic carbocycles. The van der Waals surface area contributed by atoms with Crippen LogP contribution in [0, 0.1) is 5.41 Å². The lowest BCUT2D eigenvalue weighted by Crippen LogP contribution is -2.01. The second-order valence-corrected chi connectivity index (χ2v) is 3.05. The Bertz CT molecular complexity index is 54.9. The molecule has 0 aliphatic heterocycles. The van der Waals surface area contributed by atoms with Gasteiger partial charge < -0.3 is 0 Å². The maximum Gasteiger partial charge on any atom is -0.0304 e. The summed E-state index contributed by atoms with van der Waals surface area (Å²) in [7, 11) is 0. The standard InChI is InChI=1S/C7H14.CH4/c1-5-6-7(2,3)4;/h5H,1,6H2,2-4H3;1H4. The van der Waals surface area contributed by atoms with Gasteiger partial charge in [0.2, 0.25) is 0 Å². The van der Waals surface area contributed by atoms with Crippen LogP contribution in [0.25, 0.3) is 0 Å². The SMILES string of the molecule is C.C=CCC(C)(C)C. The van der Waals surface area contributed by atoms with E-state index in [1.165, 1.54) is 0 Å². The van der Waals surface area contributed by atoms with Crippen molar-refractivity contribution in [2.45, 2.75) is 34.6 Å². The molecule has 0 atom stereocenters. The predicted octanol–water partition coefficient (Wildman–Crippen LogP) is 3.24. The highest BCUT2D eigenvalue weighted by Crippen LogP contribution is 2.17. The van der Waals surface area contributed by atoms with Crippen LogP contribution in [0.5, 0.6) is 0 Å². The quantitative estimate of drug-likeness (QED) is 0.459. The van der Waals surface area contributed by atoms with Crippen LogP contribution in [0.15, 0.2) is 12.7 Å². The first-order chi connectivity index (χ1) is 3.06. The van der Waals surface area contributed by atoms with Gasteiger partial charge in [-0.15, -0.1) is 6.58 Å². The van der Waals surface area contributed by atoms with Gasteiger partial charge in [0.25, 0.3) is 0 Å². The van der Waals surface area contributed by atoms with Crippen molar-refractivity contribution < 1.29 is 0 Å². The zero-order chi connectivity index (χ0) is 5.91. The van der Waals surface area contributed by atoms with Gasteiger partial charge in [0.05, 0.1) is 0 Å². The van der Waals surface area contributed by atoms with Gasteiger partial charge in [-0.25, -0.2) is 0 Å². The van der Waals surface area contributed by atoms with E-state index in [2.05, 4.69) is 27.4 Å². The zero-order valence-corrected chi connectivity index (χ0v) is 5.49. The molecule has 0 saturated carbocycles. The number of hydrogen-bond donors (Lipinski definition) is 0. The fraction of sp³-hybridized carbons (Fsp3) is 0.750. The molecule has 0 aromatic heterocycles. The molecule has 0 N–H and O–H groups in total. The molecule has 0 heteroatoms. The Kier molecular flexibility index (Phi) is 4.94. The van der Waals surface area contributed by atoms with Crippen molar-refractivity contribution in [2.24, 2.45) is 5.41 Å². The summed E-state index contributed by atoms with van der Waals surface area (Å²) in [5, 5.41) is 0. The highest BCUT2D eigenvalue weighted by molar-refractivity contribution is 4.75. The maximum absolute atomic E-state index is 3.65. The van der Waals surface area contributed by atoms with Crippen molar-refractivity contribution in [1.82, 2.24) is 0 Å². The number of allylic oxidation sites excluding steroid dienone is 1. The van der Waals surface area contributed by atoms with Crippen molar-refractivity contribution in [3.05, 3.63) is 12.7 Å². The molecule has 0 amide bonds. The van der Waals surface area contributed by atoms with Crippen molar-refractivity contribution >= 4 is 0 Å². The fourth-order valence-electron chi connectivity index (χ4n) is 0.433. The minimum absolute atomic E-state index is 0. The second kappa shape index (κ2) is 3.71. The first-order valence-corrected chi connectivity index (χ1v) is 2.67. The van der Waals surface area contributed by atoms with Crippen LogP contribution in [-0.2, 0) is 0 Å². The average molecular weight is 114 g/mol.